The van der Waals surface area contributed by atoms with E-state index in [1.54, 1.807) is 13.8 Å². The summed E-state index contributed by atoms with van der Waals surface area (Å²) in [5.41, 5.74) is 0. The van der Waals surface area contributed by atoms with E-state index in [1.165, 1.54) is 21.5 Å². The predicted octanol–water partition coefficient (Wildman–Crippen LogP) is 5.96. The molecular weight excluding hydrogens is 472 g/mol. The van der Waals surface area contributed by atoms with Crippen molar-refractivity contribution in [3.63, 3.8) is 0 Å². The Morgan fingerprint density at radius 1 is 0.781 bits per heavy atom. The zero-order valence-electron chi connectivity index (χ0n) is 19.2. The van der Waals surface area contributed by atoms with E-state index in [2.05, 4.69) is 110 Å². The van der Waals surface area contributed by atoms with E-state index in [0.29, 0.717) is 0 Å². The number of allylic oxidation sites excluding steroid dienone is 4. The van der Waals surface area contributed by atoms with Gasteiger partial charge in [0.2, 0.25) is 0 Å². The number of fused-ring (bicyclic) bond motifs is 2. The Bertz CT molecular complexity index is 825. The van der Waals surface area contributed by atoms with Gasteiger partial charge in [-0.2, -0.15) is 41.1 Å². The topological polar surface area (TPSA) is 46.1 Å². The molecule has 0 unspecified atom stereocenters. The molecule has 0 radical (unpaired) electrons. The van der Waals surface area contributed by atoms with Crippen molar-refractivity contribution in [1.82, 2.24) is 0 Å². The van der Waals surface area contributed by atoms with Crippen LogP contribution in [0.15, 0.2) is 116 Å². The van der Waals surface area contributed by atoms with Crippen molar-refractivity contribution in [1.29, 1.82) is 0 Å². The molecule has 4 aromatic rings. The van der Waals surface area contributed by atoms with E-state index in [1.807, 2.05) is 12.2 Å². The fourth-order valence-electron chi connectivity index (χ4n) is 2.48. The second-order valence-electron chi connectivity index (χ2n) is 5.89. The predicted molar refractivity (Wildman–Crippen MR) is 133 cm³/mol. The van der Waals surface area contributed by atoms with Gasteiger partial charge in [0.1, 0.15) is 0 Å². The van der Waals surface area contributed by atoms with Crippen LogP contribution in [0.1, 0.15) is 20.3 Å². The van der Waals surface area contributed by atoms with Crippen LogP contribution < -0.4 is 10.2 Å². The second-order valence-corrected chi connectivity index (χ2v) is 5.89. The molecule has 2 nitrogen and oxygen atoms in total. The van der Waals surface area contributed by atoms with Gasteiger partial charge in [-0.15, -0.1) is 92.1 Å². The van der Waals surface area contributed by atoms with Crippen molar-refractivity contribution < 1.29 is 36.4 Å². The van der Waals surface area contributed by atoms with Crippen LogP contribution in [0.3, 0.4) is 0 Å². The van der Waals surface area contributed by atoms with Crippen molar-refractivity contribution in [2.45, 2.75) is 20.3 Å². The first kappa shape index (κ1) is 31.9. The van der Waals surface area contributed by atoms with Crippen LogP contribution in [0.25, 0.3) is 21.5 Å². The number of hydrogen-bond donors (Lipinski definition) is 0. The van der Waals surface area contributed by atoms with Crippen LogP contribution in [-0.4, -0.2) is 13.2 Å². The molecule has 0 aromatic heterocycles. The Balaban J connectivity index is 0. The van der Waals surface area contributed by atoms with Crippen LogP contribution in [0.2, 0.25) is 0 Å². The quantitative estimate of drug-likeness (QED) is 0.219. The molecule has 168 valence electrons. The second kappa shape index (κ2) is 23.3. The Morgan fingerprint density at radius 3 is 1.47 bits per heavy atom. The van der Waals surface area contributed by atoms with Crippen molar-refractivity contribution in [2.24, 2.45) is 0 Å². The summed E-state index contributed by atoms with van der Waals surface area (Å²) in [7, 11) is 0. The number of benzene rings is 2. The average Bonchev–Trinajstić information content (AvgIpc) is 3.60. The molecule has 0 saturated heterocycles. The molecule has 4 aromatic carbocycles. The Kier molecular flexibility index (Phi) is 23.3. The fourth-order valence-corrected chi connectivity index (χ4v) is 2.48. The maximum Gasteiger partial charge on any atom is 2.00 e. The zero-order chi connectivity index (χ0) is 23.2. The van der Waals surface area contributed by atoms with Gasteiger partial charge in [0, 0.05) is 0 Å². The summed E-state index contributed by atoms with van der Waals surface area (Å²) in [5.74, 6) is 0. The molecule has 0 atom stereocenters. The van der Waals surface area contributed by atoms with Crippen LogP contribution >= 0.6 is 0 Å². The van der Waals surface area contributed by atoms with Gasteiger partial charge in [-0.25, -0.2) is 12.2 Å². The molecule has 0 spiro atoms. The number of rotatable bonds is 0. The Morgan fingerprint density at radius 2 is 1.19 bits per heavy atom. The first-order valence-electron chi connectivity index (χ1n) is 10.4. The molecular formula is C29H33O2Zr-3. The summed E-state index contributed by atoms with van der Waals surface area (Å²) in [6.45, 7) is 9.14. The average molecular weight is 505 g/mol. The van der Waals surface area contributed by atoms with E-state index in [4.69, 9.17) is 10.2 Å². The standard InChI is InChI=1S/2C9H7.C5H5.2C2H5O.C2H4.Zr/c2*1-2-5-9-7-3-6-8(9)4-1;1-2-4-5-3-1;2*1-2-3;1-2;/h2*1-7H;1-3H,4H2;2*2H2,1H3;1-2H2;/q5*-1;;+2. The van der Waals surface area contributed by atoms with E-state index in [0.717, 1.165) is 6.42 Å². The largest absolute Gasteiger partial charge is 2.00 e. The third kappa shape index (κ3) is 14.6. The fraction of sp³-hybridized carbons (Fsp3) is 0.172. The maximum atomic E-state index is 8.93. The molecule has 0 amide bonds. The first-order valence-corrected chi connectivity index (χ1v) is 10.4. The zero-order valence-corrected chi connectivity index (χ0v) is 21.6. The summed E-state index contributed by atoms with van der Waals surface area (Å²) in [6, 6.07) is 29.3. The van der Waals surface area contributed by atoms with E-state index in [-0.39, 0.29) is 39.4 Å². The smallest absolute Gasteiger partial charge is 0.855 e. The van der Waals surface area contributed by atoms with E-state index < -0.39 is 0 Å². The summed E-state index contributed by atoms with van der Waals surface area (Å²) in [5, 5.41) is 23.2. The molecule has 1 aliphatic carbocycles. The molecule has 1 aliphatic rings. The molecule has 0 N–H and O–H groups in total. The monoisotopic (exact) mass is 503 g/mol. The minimum Gasteiger partial charge on any atom is -0.855 e. The number of hydrogen-bond acceptors (Lipinski definition) is 2. The van der Waals surface area contributed by atoms with Crippen LogP contribution in [0, 0.1) is 6.08 Å². The third-order valence-corrected chi connectivity index (χ3v) is 3.68. The molecule has 0 bridgehead atoms. The van der Waals surface area contributed by atoms with Gasteiger partial charge in [0.15, 0.2) is 0 Å². The molecule has 0 heterocycles. The van der Waals surface area contributed by atoms with Crippen LogP contribution in [0.5, 0.6) is 0 Å². The maximum absolute atomic E-state index is 8.93. The van der Waals surface area contributed by atoms with Crippen molar-refractivity contribution in [2.75, 3.05) is 13.2 Å². The van der Waals surface area contributed by atoms with Gasteiger partial charge in [0.05, 0.1) is 0 Å². The van der Waals surface area contributed by atoms with Crippen molar-refractivity contribution >= 4 is 21.5 Å². The molecule has 0 aliphatic heterocycles. The van der Waals surface area contributed by atoms with Gasteiger partial charge in [-0.1, -0.05) is 26.0 Å². The molecule has 32 heavy (non-hydrogen) atoms. The third-order valence-electron chi connectivity index (χ3n) is 3.68. The summed E-state index contributed by atoms with van der Waals surface area (Å²) < 4.78 is 0. The normalized spacial score (nSPS) is 9.75. The molecule has 0 fully saturated rings. The minimum atomic E-state index is 0. The van der Waals surface area contributed by atoms with Gasteiger partial charge in [-0.05, 0) is 0 Å². The van der Waals surface area contributed by atoms with Crippen LogP contribution in [0.4, 0.5) is 0 Å². The van der Waals surface area contributed by atoms with Crippen LogP contribution in [-0.2, 0) is 26.2 Å². The van der Waals surface area contributed by atoms with Gasteiger partial charge >= 0.3 is 26.2 Å². The van der Waals surface area contributed by atoms with Gasteiger partial charge in [-0.3, -0.25) is 6.08 Å². The summed E-state index contributed by atoms with van der Waals surface area (Å²) >= 11 is 0. The SMILES string of the molecule is C=C.CC[O-].CC[O-].[C-]1=CC=CC1.[Zr+2].c1ccc2[cH-]ccc2c1.c1ccc2[cH-]ccc2c1. The molecule has 0 saturated carbocycles. The molecule has 3 heteroatoms. The van der Waals surface area contributed by atoms with Gasteiger partial charge in [0.25, 0.3) is 0 Å². The van der Waals surface area contributed by atoms with Gasteiger partial charge < -0.3 is 10.2 Å². The summed E-state index contributed by atoms with van der Waals surface area (Å²) in [4.78, 5) is 0. The van der Waals surface area contributed by atoms with Crippen molar-refractivity contribution in [3.05, 3.63) is 122 Å². The molecule has 5 rings (SSSR count). The summed E-state index contributed by atoms with van der Waals surface area (Å²) in [6.07, 6.45) is 10.0. The van der Waals surface area contributed by atoms with E-state index in [9.17, 15) is 0 Å². The van der Waals surface area contributed by atoms with Crippen molar-refractivity contribution in [3.8, 4) is 0 Å². The Labute approximate surface area is 213 Å². The Hall–Kier alpha value is -2.32. The first-order chi connectivity index (χ1) is 15.3. The van der Waals surface area contributed by atoms with E-state index >= 15 is 0 Å². The minimum absolute atomic E-state index is 0.